The van der Waals surface area contributed by atoms with Gasteiger partial charge in [0.15, 0.2) is 0 Å². The lowest BCUT2D eigenvalue weighted by Crippen LogP contribution is -1.99. The first kappa shape index (κ1) is 12.9. The molecule has 0 radical (unpaired) electrons. The third kappa shape index (κ3) is 1.97. The molecule has 2 aromatic heterocycles. The van der Waals surface area contributed by atoms with E-state index >= 15 is 0 Å². The van der Waals surface area contributed by atoms with Gasteiger partial charge >= 0.3 is 0 Å². The standard InChI is InChI=1S/C20H16N2O/c1-2-6-13(7-3-1)10-17-20-19(15-11-23-12-18(15)21-17)14-8-4-5-9-16(14)22-20/h1-9,22H,10-12H2. The number of rotatable bonds is 2. The monoisotopic (exact) mass is 300 g/mol. The summed E-state index contributed by atoms with van der Waals surface area (Å²) in [5.74, 6) is 0. The van der Waals surface area contributed by atoms with Crippen LogP contribution in [0.1, 0.15) is 22.5 Å². The number of para-hydroxylation sites is 1. The Morgan fingerprint density at radius 3 is 2.70 bits per heavy atom. The molecule has 1 aliphatic rings. The topological polar surface area (TPSA) is 37.9 Å². The van der Waals surface area contributed by atoms with Crippen molar-refractivity contribution in [3.63, 3.8) is 0 Å². The number of aromatic nitrogens is 2. The molecule has 3 heteroatoms. The van der Waals surface area contributed by atoms with Crippen molar-refractivity contribution in [1.82, 2.24) is 9.97 Å². The minimum absolute atomic E-state index is 0.618. The van der Waals surface area contributed by atoms with Crippen LogP contribution in [0, 0.1) is 0 Å². The number of H-pyrrole nitrogens is 1. The third-order valence-electron chi connectivity index (χ3n) is 4.61. The van der Waals surface area contributed by atoms with Gasteiger partial charge in [-0.15, -0.1) is 0 Å². The Balaban J connectivity index is 1.81. The SMILES string of the molecule is c1ccc(Cc2nc3c(c4c2[nH]c2ccccc24)COC3)cc1. The highest BCUT2D eigenvalue weighted by atomic mass is 16.5. The molecule has 0 saturated carbocycles. The van der Waals surface area contributed by atoms with Crippen molar-refractivity contribution in [2.75, 3.05) is 0 Å². The van der Waals surface area contributed by atoms with Gasteiger partial charge in [-0.3, -0.25) is 4.98 Å². The van der Waals surface area contributed by atoms with E-state index < -0.39 is 0 Å². The first-order valence-corrected chi connectivity index (χ1v) is 7.93. The Morgan fingerprint density at radius 2 is 1.78 bits per heavy atom. The van der Waals surface area contributed by atoms with Crippen molar-refractivity contribution in [3.05, 3.63) is 77.1 Å². The van der Waals surface area contributed by atoms with E-state index in [1.807, 2.05) is 6.07 Å². The second-order valence-electron chi connectivity index (χ2n) is 6.06. The number of nitrogens with one attached hydrogen (secondary N) is 1. The van der Waals surface area contributed by atoms with E-state index in [0.717, 1.165) is 23.3 Å². The van der Waals surface area contributed by atoms with E-state index in [0.29, 0.717) is 13.2 Å². The van der Waals surface area contributed by atoms with Crippen molar-refractivity contribution >= 4 is 21.8 Å². The predicted molar refractivity (Wildman–Crippen MR) is 91.3 cm³/mol. The number of benzene rings is 2. The van der Waals surface area contributed by atoms with Crippen molar-refractivity contribution in [2.45, 2.75) is 19.6 Å². The van der Waals surface area contributed by atoms with Crippen LogP contribution in [0.3, 0.4) is 0 Å². The van der Waals surface area contributed by atoms with Gasteiger partial charge in [0.1, 0.15) is 0 Å². The van der Waals surface area contributed by atoms with Gasteiger partial charge in [-0.1, -0.05) is 48.5 Å². The molecule has 0 bridgehead atoms. The molecule has 112 valence electrons. The van der Waals surface area contributed by atoms with Crippen molar-refractivity contribution < 1.29 is 4.74 Å². The lowest BCUT2D eigenvalue weighted by Gasteiger charge is -2.07. The number of nitrogens with zero attached hydrogens (tertiary/aromatic N) is 1. The highest BCUT2D eigenvalue weighted by Crippen LogP contribution is 2.35. The summed E-state index contributed by atoms with van der Waals surface area (Å²) < 4.78 is 5.67. The number of pyridine rings is 1. The van der Waals surface area contributed by atoms with Crippen LogP contribution in [-0.4, -0.2) is 9.97 Å². The van der Waals surface area contributed by atoms with Gasteiger partial charge in [0, 0.05) is 28.3 Å². The Kier molecular flexibility index (Phi) is 2.76. The maximum Gasteiger partial charge on any atom is 0.0896 e. The summed E-state index contributed by atoms with van der Waals surface area (Å²) in [4.78, 5) is 8.49. The average Bonchev–Trinajstić information content (AvgIpc) is 3.19. The minimum Gasteiger partial charge on any atom is -0.370 e. The molecule has 4 aromatic rings. The molecule has 3 heterocycles. The molecule has 0 atom stereocenters. The first-order chi connectivity index (χ1) is 11.4. The third-order valence-corrected chi connectivity index (χ3v) is 4.61. The van der Waals surface area contributed by atoms with Crippen LogP contribution >= 0.6 is 0 Å². The summed E-state index contributed by atoms with van der Waals surface area (Å²) in [5, 5.41) is 2.55. The maximum atomic E-state index is 5.67. The number of aromatic amines is 1. The van der Waals surface area contributed by atoms with Gasteiger partial charge in [-0.25, -0.2) is 0 Å². The largest absolute Gasteiger partial charge is 0.370 e. The van der Waals surface area contributed by atoms with Crippen LogP contribution in [0.15, 0.2) is 54.6 Å². The van der Waals surface area contributed by atoms with E-state index in [9.17, 15) is 0 Å². The Bertz CT molecular complexity index is 1020. The van der Waals surface area contributed by atoms with Crippen LogP contribution in [0.25, 0.3) is 21.8 Å². The van der Waals surface area contributed by atoms with E-state index in [1.165, 1.54) is 27.4 Å². The van der Waals surface area contributed by atoms with E-state index in [-0.39, 0.29) is 0 Å². The molecular weight excluding hydrogens is 284 g/mol. The number of hydrogen-bond acceptors (Lipinski definition) is 2. The zero-order valence-corrected chi connectivity index (χ0v) is 12.7. The number of ether oxygens (including phenoxy) is 1. The lowest BCUT2D eigenvalue weighted by molar-refractivity contribution is 0.133. The highest BCUT2D eigenvalue weighted by Gasteiger charge is 2.22. The van der Waals surface area contributed by atoms with Crippen molar-refractivity contribution in [1.29, 1.82) is 0 Å². The van der Waals surface area contributed by atoms with Gasteiger partial charge in [-0.05, 0) is 11.6 Å². The van der Waals surface area contributed by atoms with E-state index in [2.05, 4.69) is 53.5 Å². The van der Waals surface area contributed by atoms with Gasteiger partial charge in [0.05, 0.1) is 30.1 Å². The summed E-state index contributed by atoms with van der Waals surface area (Å²) in [7, 11) is 0. The lowest BCUT2D eigenvalue weighted by atomic mass is 10.0. The maximum absolute atomic E-state index is 5.67. The molecule has 2 aromatic carbocycles. The van der Waals surface area contributed by atoms with E-state index in [1.54, 1.807) is 0 Å². The molecule has 0 saturated heterocycles. The minimum atomic E-state index is 0.618. The van der Waals surface area contributed by atoms with Crippen LogP contribution in [0.2, 0.25) is 0 Å². The summed E-state index contributed by atoms with van der Waals surface area (Å²) in [6.07, 6.45) is 0.831. The smallest absolute Gasteiger partial charge is 0.0896 e. The quantitative estimate of drug-likeness (QED) is 0.598. The molecule has 1 N–H and O–H groups in total. The van der Waals surface area contributed by atoms with Gasteiger partial charge in [-0.2, -0.15) is 0 Å². The molecule has 1 aliphatic heterocycles. The summed E-state index contributed by atoms with van der Waals surface area (Å²) in [5.41, 5.74) is 7.03. The fraction of sp³-hybridized carbons (Fsp3) is 0.150. The normalized spacial score (nSPS) is 13.7. The van der Waals surface area contributed by atoms with Crippen molar-refractivity contribution in [3.8, 4) is 0 Å². The Labute approximate surface area is 133 Å². The molecule has 23 heavy (non-hydrogen) atoms. The second kappa shape index (κ2) is 4.93. The second-order valence-corrected chi connectivity index (χ2v) is 6.06. The average molecular weight is 300 g/mol. The first-order valence-electron chi connectivity index (χ1n) is 7.93. The summed E-state index contributed by atoms with van der Waals surface area (Å²) in [6, 6.07) is 19.0. The number of hydrogen-bond donors (Lipinski definition) is 1. The number of fused-ring (bicyclic) bond motifs is 5. The van der Waals surface area contributed by atoms with E-state index in [4.69, 9.17) is 9.72 Å². The van der Waals surface area contributed by atoms with Crippen LogP contribution in [0.4, 0.5) is 0 Å². The molecule has 3 nitrogen and oxygen atoms in total. The molecule has 0 fully saturated rings. The molecule has 0 unspecified atom stereocenters. The summed E-state index contributed by atoms with van der Waals surface area (Å²) in [6.45, 7) is 1.28. The zero-order valence-electron chi connectivity index (χ0n) is 12.7. The Hall–Kier alpha value is -2.65. The van der Waals surface area contributed by atoms with Gasteiger partial charge < -0.3 is 9.72 Å². The van der Waals surface area contributed by atoms with Crippen LogP contribution in [-0.2, 0) is 24.4 Å². The molecule has 5 rings (SSSR count). The van der Waals surface area contributed by atoms with Gasteiger partial charge in [0.25, 0.3) is 0 Å². The molecular formula is C20H16N2O. The summed E-state index contributed by atoms with van der Waals surface area (Å²) >= 11 is 0. The highest BCUT2D eigenvalue weighted by molar-refractivity contribution is 6.10. The van der Waals surface area contributed by atoms with Gasteiger partial charge in [0.2, 0.25) is 0 Å². The molecule has 0 amide bonds. The predicted octanol–water partition coefficient (Wildman–Crippen LogP) is 4.34. The molecule has 0 spiro atoms. The fourth-order valence-corrected chi connectivity index (χ4v) is 3.54. The van der Waals surface area contributed by atoms with Crippen LogP contribution < -0.4 is 0 Å². The fourth-order valence-electron chi connectivity index (χ4n) is 3.54. The van der Waals surface area contributed by atoms with Crippen molar-refractivity contribution in [2.24, 2.45) is 0 Å². The zero-order chi connectivity index (χ0) is 15.2. The Morgan fingerprint density at radius 1 is 0.957 bits per heavy atom. The molecule has 0 aliphatic carbocycles. The van der Waals surface area contributed by atoms with Crippen LogP contribution in [0.5, 0.6) is 0 Å².